The van der Waals surface area contributed by atoms with Gasteiger partial charge >= 0.3 is 0 Å². The van der Waals surface area contributed by atoms with Crippen LogP contribution in [0.5, 0.6) is 11.5 Å². The lowest BCUT2D eigenvalue weighted by Gasteiger charge is -2.21. The fourth-order valence-electron chi connectivity index (χ4n) is 3.03. The number of nitrogens with zero attached hydrogens (tertiary/aromatic N) is 2. The highest BCUT2D eigenvalue weighted by molar-refractivity contribution is 7.20. The number of pyridine rings is 1. The lowest BCUT2D eigenvalue weighted by molar-refractivity contribution is -0.119. The number of nitrogens with one attached hydrogen (secondary N) is 2. The summed E-state index contributed by atoms with van der Waals surface area (Å²) in [5.41, 5.74) is 8.87. The molecule has 2 heterocycles. The normalized spacial score (nSPS) is 10.9. The van der Waals surface area contributed by atoms with E-state index < -0.39 is 0 Å². The highest BCUT2D eigenvalue weighted by Gasteiger charge is 2.14. The molecule has 0 spiro atoms. The van der Waals surface area contributed by atoms with Crippen molar-refractivity contribution in [2.75, 3.05) is 25.5 Å². The quantitative estimate of drug-likeness (QED) is 0.471. The molecule has 7 nitrogen and oxygen atoms in total. The van der Waals surface area contributed by atoms with Crippen molar-refractivity contribution in [3.8, 4) is 11.5 Å². The van der Waals surface area contributed by atoms with Crippen molar-refractivity contribution in [1.82, 2.24) is 15.6 Å². The fourth-order valence-corrected chi connectivity index (χ4v) is 4.03. The van der Waals surface area contributed by atoms with Crippen LogP contribution in [0.1, 0.15) is 17.4 Å². The third kappa shape index (κ3) is 5.16. The molecule has 31 heavy (non-hydrogen) atoms. The lowest BCUT2D eigenvalue weighted by Crippen LogP contribution is -2.23. The largest absolute Gasteiger partial charge is 0.456 e. The molecule has 4 N–H and O–H groups in total. The second-order valence-electron chi connectivity index (χ2n) is 6.87. The Hall–Kier alpha value is -3.52. The van der Waals surface area contributed by atoms with Crippen molar-refractivity contribution in [3.05, 3.63) is 65.9 Å². The average Bonchev–Trinajstić information content (AvgIpc) is 3.23. The Morgan fingerprint density at radius 1 is 1.35 bits per heavy atom. The number of thiophene rings is 1. The number of likely N-dealkylation sites (N-methyl/N-ethyl adjacent to an activating group) is 1. The molecule has 0 aliphatic heterocycles. The van der Waals surface area contributed by atoms with Gasteiger partial charge in [0.15, 0.2) is 0 Å². The van der Waals surface area contributed by atoms with Crippen LogP contribution in [0.3, 0.4) is 0 Å². The van der Waals surface area contributed by atoms with Gasteiger partial charge in [-0.3, -0.25) is 9.78 Å². The van der Waals surface area contributed by atoms with E-state index in [4.69, 9.17) is 10.5 Å². The Morgan fingerprint density at radius 2 is 2.16 bits per heavy atom. The SMILES string of the molecule is C=C(N/C=C\N)c1cc2nccc(Oc3ccc(CC(=O)NC)c(N(C)CC)c3)c2s1. The molecule has 0 saturated carbocycles. The molecule has 0 unspecified atom stereocenters. The monoisotopic (exact) mass is 437 g/mol. The van der Waals surface area contributed by atoms with E-state index in [2.05, 4.69) is 34.0 Å². The maximum absolute atomic E-state index is 11.9. The molecule has 162 valence electrons. The predicted molar refractivity (Wildman–Crippen MR) is 128 cm³/mol. The van der Waals surface area contributed by atoms with Crippen LogP contribution in [0.25, 0.3) is 15.9 Å². The number of rotatable bonds is 9. The van der Waals surface area contributed by atoms with E-state index in [-0.39, 0.29) is 5.91 Å². The van der Waals surface area contributed by atoms with Gasteiger partial charge in [-0.1, -0.05) is 12.6 Å². The third-order valence-corrected chi connectivity index (χ3v) is 6.03. The molecule has 2 aromatic heterocycles. The zero-order valence-corrected chi connectivity index (χ0v) is 18.8. The van der Waals surface area contributed by atoms with E-state index in [1.807, 2.05) is 37.4 Å². The number of carbonyl (C=O) groups is 1. The van der Waals surface area contributed by atoms with Gasteiger partial charge in [0.1, 0.15) is 11.5 Å². The number of fused-ring (bicyclic) bond motifs is 1. The standard InChI is InChI=1S/C23H27N5O2S/c1-5-28(4)19-13-17(7-6-16(19)12-22(29)25-3)30-20-8-10-27-18-14-21(31-23(18)20)15(2)26-11-9-24/h6-11,13-14,26H,2,5,12,24H2,1,3-4H3,(H,25,29)/b11-9-. The van der Waals surface area contributed by atoms with Crippen LogP contribution in [-0.2, 0) is 11.2 Å². The molecule has 1 amide bonds. The number of ether oxygens (including phenoxy) is 1. The average molecular weight is 438 g/mol. The van der Waals surface area contributed by atoms with E-state index in [1.165, 1.54) is 6.20 Å². The van der Waals surface area contributed by atoms with Crippen molar-refractivity contribution in [2.24, 2.45) is 5.73 Å². The molecule has 8 heteroatoms. The molecular weight excluding hydrogens is 410 g/mol. The van der Waals surface area contributed by atoms with Crippen LogP contribution >= 0.6 is 11.3 Å². The first kappa shape index (κ1) is 22.2. The summed E-state index contributed by atoms with van der Waals surface area (Å²) in [5.74, 6) is 1.38. The van der Waals surface area contributed by atoms with E-state index in [9.17, 15) is 4.79 Å². The molecule has 0 aliphatic rings. The first-order valence-electron chi connectivity index (χ1n) is 9.90. The number of anilines is 1. The zero-order chi connectivity index (χ0) is 22.4. The maximum atomic E-state index is 11.9. The lowest BCUT2D eigenvalue weighted by atomic mass is 10.1. The Bertz CT molecular complexity index is 1120. The Balaban J connectivity index is 1.93. The molecular formula is C23H27N5O2S. The Kier molecular flexibility index (Phi) is 7.15. The predicted octanol–water partition coefficient (Wildman–Crippen LogP) is 3.82. The summed E-state index contributed by atoms with van der Waals surface area (Å²) >= 11 is 1.54. The second-order valence-corrected chi connectivity index (χ2v) is 7.93. The van der Waals surface area contributed by atoms with E-state index >= 15 is 0 Å². The van der Waals surface area contributed by atoms with Gasteiger partial charge in [-0.25, -0.2) is 0 Å². The molecule has 3 aromatic rings. The summed E-state index contributed by atoms with van der Waals surface area (Å²) in [6.45, 7) is 6.91. The molecule has 1 aromatic carbocycles. The van der Waals surface area contributed by atoms with Crippen LogP contribution in [-0.4, -0.2) is 31.5 Å². The van der Waals surface area contributed by atoms with Gasteiger partial charge in [-0.15, -0.1) is 11.3 Å². The fraction of sp³-hybridized carbons (Fsp3) is 0.217. The number of hydrogen-bond donors (Lipinski definition) is 3. The van der Waals surface area contributed by atoms with Crippen LogP contribution in [0.2, 0.25) is 0 Å². The second kappa shape index (κ2) is 9.99. The highest BCUT2D eigenvalue weighted by Crippen LogP contribution is 2.37. The molecule has 3 rings (SSSR count). The smallest absolute Gasteiger partial charge is 0.224 e. The Labute approximate surface area is 186 Å². The first-order chi connectivity index (χ1) is 15.0. The van der Waals surface area contributed by atoms with Gasteiger partial charge < -0.3 is 26.0 Å². The van der Waals surface area contributed by atoms with Gasteiger partial charge in [0.25, 0.3) is 0 Å². The molecule has 0 saturated heterocycles. The Morgan fingerprint density at radius 3 is 2.87 bits per heavy atom. The molecule has 0 fully saturated rings. The van der Waals surface area contributed by atoms with Crippen molar-refractivity contribution >= 4 is 38.8 Å². The third-order valence-electron chi connectivity index (χ3n) is 4.83. The number of carbonyl (C=O) groups excluding carboxylic acids is 1. The molecule has 0 radical (unpaired) electrons. The maximum Gasteiger partial charge on any atom is 0.224 e. The summed E-state index contributed by atoms with van der Waals surface area (Å²) in [7, 11) is 3.64. The summed E-state index contributed by atoms with van der Waals surface area (Å²) in [4.78, 5) is 19.4. The molecule has 0 atom stereocenters. The van der Waals surface area contributed by atoms with Crippen LogP contribution in [0.4, 0.5) is 5.69 Å². The highest BCUT2D eigenvalue weighted by atomic mass is 32.1. The van der Waals surface area contributed by atoms with Crippen molar-refractivity contribution in [2.45, 2.75) is 13.3 Å². The number of amides is 1. The first-order valence-corrected chi connectivity index (χ1v) is 10.7. The van der Waals surface area contributed by atoms with Crippen molar-refractivity contribution in [3.63, 3.8) is 0 Å². The number of benzene rings is 1. The minimum absolute atomic E-state index is 0.0281. The van der Waals surface area contributed by atoms with Crippen LogP contribution in [0.15, 0.2) is 55.5 Å². The zero-order valence-electron chi connectivity index (χ0n) is 17.9. The van der Waals surface area contributed by atoms with Gasteiger partial charge in [-0.05, 0) is 24.6 Å². The number of nitrogens with two attached hydrogens (primary N) is 1. The van der Waals surface area contributed by atoms with E-state index in [0.717, 1.165) is 38.6 Å². The van der Waals surface area contributed by atoms with E-state index in [0.29, 0.717) is 17.9 Å². The minimum atomic E-state index is -0.0281. The van der Waals surface area contributed by atoms with Crippen molar-refractivity contribution in [1.29, 1.82) is 0 Å². The van der Waals surface area contributed by atoms with Crippen LogP contribution in [0, 0.1) is 0 Å². The summed E-state index contributed by atoms with van der Waals surface area (Å²) < 4.78 is 7.17. The molecule has 0 aliphatic carbocycles. The van der Waals surface area contributed by atoms with Crippen molar-refractivity contribution < 1.29 is 9.53 Å². The molecule has 0 bridgehead atoms. The van der Waals surface area contributed by atoms with Gasteiger partial charge in [0.05, 0.1) is 21.5 Å². The summed E-state index contributed by atoms with van der Waals surface area (Å²) in [6.07, 6.45) is 5.09. The number of hydrogen-bond acceptors (Lipinski definition) is 7. The van der Waals surface area contributed by atoms with Gasteiger partial charge in [0.2, 0.25) is 5.91 Å². The van der Waals surface area contributed by atoms with Gasteiger partial charge in [0, 0.05) is 62.8 Å². The van der Waals surface area contributed by atoms with Crippen LogP contribution < -0.4 is 26.0 Å². The number of aromatic nitrogens is 1. The van der Waals surface area contributed by atoms with Gasteiger partial charge in [-0.2, -0.15) is 0 Å². The van der Waals surface area contributed by atoms with E-state index in [1.54, 1.807) is 30.8 Å². The minimum Gasteiger partial charge on any atom is -0.456 e. The summed E-state index contributed by atoms with van der Waals surface area (Å²) in [6, 6.07) is 9.61. The summed E-state index contributed by atoms with van der Waals surface area (Å²) in [5, 5.41) is 5.71. The topological polar surface area (TPSA) is 92.5 Å².